The average Bonchev–Trinajstić information content (AvgIpc) is 2.76. The van der Waals surface area contributed by atoms with Crippen LogP contribution in [0.25, 0.3) is 0 Å². The average molecular weight is 231 g/mol. The number of nitrogen functional groups attached to an aromatic ring is 1. The van der Waals surface area contributed by atoms with Crippen molar-refractivity contribution in [2.75, 3.05) is 12.8 Å². The number of methoxy groups -OCH3 is 1. The predicted molar refractivity (Wildman–Crippen MR) is 64.0 cm³/mol. The lowest BCUT2D eigenvalue weighted by molar-refractivity contribution is 0.103. The van der Waals surface area contributed by atoms with Crippen LogP contribution in [0.2, 0.25) is 0 Å². The summed E-state index contributed by atoms with van der Waals surface area (Å²) in [6.45, 7) is 0. The van der Waals surface area contributed by atoms with Gasteiger partial charge < -0.3 is 10.5 Å². The van der Waals surface area contributed by atoms with Crippen molar-refractivity contribution in [1.29, 1.82) is 0 Å². The summed E-state index contributed by atoms with van der Waals surface area (Å²) in [7, 11) is 3.30. The molecule has 1 aromatic carbocycles. The highest BCUT2D eigenvalue weighted by Crippen LogP contribution is 2.21. The molecule has 0 atom stereocenters. The monoisotopic (exact) mass is 231 g/mol. The standard InChI is InChI=1S/C12H13N3O2/c1-15-6-5-11(14-15)12(16)9-7-8(17-2)3-4-10(9)13/h3-7H,13H2,1-2H3. The van der Waals surface area contributed by atoms with Gasteiger partial charge >= 0.3 is 0 Å². The van der Waals surface area contributed by atoms with Crippen LogP contribution in [0, 0.1) is 0 Å². The number of anilines is 1. The fraction of sp³-hybridized carbons (Fsp3) is 0.167. The topological polar surface area (TPSA) is 70.1 Å². The number of ketones is 1. The number of aryl methyl sites for hydroxylation is 1. The van der Waals surface area contributed by atoms with Gasteiger partial charge in [0.15, 0.2) is 0 Å². The Morgan fingerprint density at radius 1 is 1.41 bits per heavy atom. The van der Waals surface area contributed by atoms with Crippen LogP contribution in [0.4, 0.5) is 5.69 Å². The Kier molecular flexibility index (Phi) is 2.82. The molecule has 0 aliphatic carbocycles. The summed E-state index contributed by atoms with van der Waals surface area (Å²) >= 11 is 0. The molecular weight excluding hydrogens is 218 g/mol. The zero-order valence-corrected chi connectivity index (χ0v) is 9.68. The molecule has 2 N–H and O–H groups in total. The lowest BCUT2D eigenvalue weighted by Gasteiger charge is -2.05. The first-order valence-corrected chi connectivity index (χ1v) is 5.09. The second-order valence-corrected chi connectivity index (χ2v) is 3.66. The van der Waals surface area contributed by atoms with Crippen LogP contribution in [0.15, 0.2) is 30.5 Å². The molecule has 1 aromatic heterocycles. The van der Waals surface area contributed by atoms with Crippen molar-refractivity contribution >= 4 is 11.5 Å². The molecule has 88 valence electrons. The Hall–Kier alpha value is -2.30. The van der Waals surface area contributed by atoms with Crippen LogP contribution in [0.5, 0.6) is 5.75 Å². The van der Waals surface area contributed by atoms with Crippen molar-refractivity contribution in [2.24, 2.45) is 7.05 Å². The Bertz CT molecular complexity index is 561. The summed E-state index contributed by atoms with van der Waals surface area (Å²) in [5.41, 5.74) is 6.97. The molecule has 5 heteroatoms. The van der Waals surface area contributed by atoms with E-state index in [9.17, 15) is 4.79 Å². The third-order valence-electron chi connectivity index (χ3n) is 2.45. The Morgan fingerprint density at radius 2 is 2.18 bits per heavy atom. The molecule has 17 heavy (non-hydrogen) atoms. The molecule has 0 radical (unpaired) electrons. The van der Waals surface area contributed by atoms with Gasteiger partial charge in [0.2, 0.25) is 5.78 Å². The van der Waals surface area contributed by atoms with E-state index in [-0.39, 0.29) is 5.78 Å². The van der Waals surface area contributed by atoms with Crippen LogP contribution in [-0.4, -0.2) is 22.7 Å². The number of rotatable bonds is 3. The second kappa shape index (κ2) is 4.29. The molecule has 0 fully saturated rings. The molecule has 0 saturated heterocycles. The van der Waals surface area contributed by atoms with Gasteiger partial charge in [-0.2, -0.15) is 5.10 Å². The van der Waals surface area contributed by atoms with E-state index in [1.165, 1.54) is 0 Å². The first kappa shape index (κ1) is 11.2. The first-order chi connectivity index (χ1) is 8.11. The molecule has 0 aliphatic rings. The van der Waals surface area contributed by atoms with E-state index in [1.807, 2.05) is 0 Å². The van der Waals surface area contributed by atoms with Gasteiger partial charge in [-0.1, -0.05) is 0 Å². The molecule has 0 spiro atoms. The molecule has 0 bridgehead atoms. The van der Waals surface area contributed by atoms with Gasteiger partial charge in [-0.15, -0.1) is 0 Å². The maximum absolute atomic E-state index is 12.1. The highest BCUT2D eigenvalue weighted by atomic mass is 16.5. The van der Waals surface area contributed by atoms with Crippen molar-refractivity contribution in [3.05, 3.63) is 41.7 Å². The van der Waals surface area contributed by atoms with E-state index >= 15 is 0 Å². The quantitative estimate of drug-likeness (QED) is 0.637. The van der Waals surface area contributed by atoms with E-state index in [4.69, 9.17) is 10.5 Å². The van der Waals surface area contributed by atoms with Crippen molar-refractivity contribution < 1.29 is 9.53 Å². The molecule has 0 unspecified atom stereocenters. The normalized spacial score (nSPS) is 10.2. The Morgan fingerprint density at radius 3 is 2.76 bits per heavy atom. The van der Waals surface area contributed by atoms with E-state index in [0.29, 0.717) is 22.7 Å². The second-order valence-electron chi connectivity index (χ2n) is 3.66. The number of nitrogens with zero attached hydrogens (tertiary/aromatic N) is 2. The number of hydrogen-bond acceptors (Lipinski definition) is 4. The molecule has 1 heterocycles. The van der Waals surface area contributed by atoms with Crippen LogP contribution >= 0.6 is 0 Å². The van der Waals surface area contributed by atoms with E-state index in [1.54, 1.807) is 49.3 Å². The molecule has 5 nitrogen and oxygen atoms in total. The van der Waals surface area contributed by atoms with Gasteiger partial charge in [0.05, 0.1) is 12.7 Å². The number of nitrogens with two attached hydrogens (primary N) is 1. The third-order valence-corrected chi connectivity index (χ3v) is 2.45. The molecule has 0 aliphatic heterocycles. The molecule has 2 aromatic rings. The summed E-state index contributed by atoms with van der Waals surface area (Å²) in [5, 5.41) is 4.05. The summed E-state index contributed by atoms with van der Waals surface area (Å²) in [6.07, 6.45) is 1.71. The number of ether oxygens (including phenoxy) is 1. The maximum Gasteiger partial charge on any atom is 0.215 e. The van der Waals surface area contributed by atoms with E-state index in [0.717, 1.165) is 0 Å². The number of carbonyl (C=O) groups is 1. The minimum Gasteiger partial charge on any atom is -0.497 e. The maximum atomic E-state index is 12.1. The number of benzene rings is 1. The number of hydrogen-bond donors (Lipinski definition) is 1. The SMILES string of the molecule is COc1ccc(N)c(C(=O)c2ccn(C)n2)c1. The predicted octanol–water partition coefficient (Wildman–Crippen LogP) is 1.24. The highest BCUT2D eigenvalue weighted by molar-refractivity contribution is 6.11. The third kappa shape index (κ3) is 2.13. The molecular formula is C12H13N3O2. The van der Waals surface area contributed by atoms with Gasteiger partial charge in [-0.05, 0) is 24.3 Å². The van der Waals surface area contributed by atoms with Gasteiger partial charge in [0, 0.05) is 18.9 Å². The lowest BCUT2D eigenvalue weighted by Crippen LogP contribution is -2.07. The summed E-state index contributed by atoms with van der Waals surface area (Å²) < 4.78 is 6.64. The van der Waals surface area contributed by atoms with Crippen LogP contribution in [0.1, 0.15) is 16.1 Å². The van der Waals surface area contributed by atoms with E-state index < -0.39 is 0 Å². The smallest absolute Gasteiger partial charge is 0.215 e. The van der Waals surface area contributed by atoms with Gasteiger partial charge in [-0.3, -0.25) is 9.48 Å². The van der Waals surface area contributed by atoms with Crippen LogP contribution < -0.4 is 10.5 Å². The fourth-order valence-electron chi connectivity index (χ4n) is 1.53. The molecule has 0 saturated carbocycles. The Balaban J connectivity index is 2.43. The minimum atomic E-state index is -0.206. The number of carbonyl (C=O) groups excluding carboxylic acids is 1. The first-order valence-electron chi connectivity index (χ1n) is 5.09. The van der Waals surface area contributed by atoms with Crippen molar-refractivity contribution in [2.45, 2.75) is 0 Å². The van der Waals surface area contributed by atoms with E-state index in [2.05, 4.69) is 5.10 Å². The van der Waals surface area contributed by atoms with Crippen molar-refractivity contribution in [1.82, 2.24) is 9.78 Å². The zero-order chi connectivity index (χ0) is 12.4. The largest absolute Gasteiger partial charge is 0.497 e. The fourth-order valence-corrected chi connectivity index (χ4v) is 1.53. The molecule has 0 amide bonds. The van der Waals surface area contributed by atoms with Gasteiger partial charge in [0.25, 0.3) is 0 Å². The highest BCUT2D eigenvalue weighted by Gasteiger charge is 2.15. The van der Waals surface area contributed by atoms with Crippen molar-refractivity contribution in [3.8, 4) is 5.75 Å². The lowest BCUT2D eigenvalue weighted by atomic mass is 10.1. The summed E-state index contributed by atoms with van der Waals surface area (Å²) in [6, 6.07) is 6.63. The summed E-state index contributed by atoms with van der Waals surface area (Å²) in [4.78, 5) is 12.1. The Labute approximate surface area is 98.8 Å². The molecule has 2 rings (SSSR count). The van der Waals surface area contributed by atoms with Crippen LogP contribution in [-0.2, 0) is 7.05 Å². The minimum absolute atomic E-state index is 0.206. The number of aromatic nitrogens is 2. The van der Waals surface area contributed by atoms with Crippen molar-refractivity contribution in [3.63, 3.8) is 0 Å². The van der Waals surface area contributed by atoms with Gasteiger partial charge in [-0.25, -0.2) is 0 Å². The zero-order valence-electron chi connectivity index (χ0n) is 9.68. The summed E-state index contributed by atoms with van der Waals surface area (Å²) in [5.74, 6) is 0.389. The van der Waals surface area contributed by atoms with Crippen LogP contribution in [0.3, 0.4) is 0 Å². The van der Waals surface area contributed by atoms with Gasteiger partial charge in [0.1, 0.15) is 11.4 Å².